The summed E-state index contributed by atoms with van der Waals surface area (Å²) in [5, 5.41) is 3.00. The molecule has 0 unspecified atom stereocenters. The Kier molecular flexibility index (Phi) is 6.09. The number of hydrogen-bond donors (Lipinski definition) is 1. The van der Waals surface area contributed by atoms with Crippen molar-refractivity contribution < 1.29 is 4.79 Å². The Balaban J connectivity index is 1.82. The molecule has 0 saturated carbocycles. The topological polar surface area (TPSA) is 32.3 Å². The van der Waals surface area contributed by atoms with Crippen molar-refractivity contribution in [2.75, 3.05) is 26.2 Å². The summed E-state index contributed by atoms with van der Waals surface area (Å²) in [5.41, 5.74) is 0.713. The zero-order valence-electron chi connectivity index (χ0n) is 10.8. The molecule has 0 radical (unpaired) electrons. The number of carbonyl (C=O) groups is 1. The third kappa shape index (κ3) is 4.72. The van der Waals surface area contributed by atoms with Crippen molar-refractivity contribution in [1.29, 1.82) is 0 Å². The first-order valence-corrected chi connectivity index (χ1v) is 8.49. The summed E-state index contributed by atoms with van der Waals surface area (Å²) in [5.74, 6) is 0.00222. The molecule has 1 saturated heterocycles. The lowest BCUT2D eigenvalue weighted by Gasteiger charge is -2.26. The van der Waals surface area contributed by atoms with E-state index in [1.165, 1.54) is 32.4 Å². The molecule has 1 heterocycles. The maximum atomic E-state index is 12.1. The molecule has 5 heteroatoms. The van der Waals surface area contributed by atoms with Gasteiger partial charge in [0.25, 0.3) is 5.91 Å². The van der Waals surface area contributed by atoms with E-state index in [-0.39, 0.29) is 5.91 Å². The van der Waals surface area contributed by atoms with Crippen LogP contribution in [-0.2, 0) is 0 Å². The number of carbonyl (C=O) groups excluding carboxylic acids is 1. The van der Waals surface area contributed by atoms with Crippen molar-refractivity contribution in [2.45, 2.75) is 19.3 Å². The van der Waals surface area contributed by atoms with Gasteiger partial charge in [0.15, 0.2) is 0 Å². The molecule has 1 amide bonds. The van der Waals surface area contributed by atoms with Crippen molar-refractivity contribution in [2.24, 2.45) is 0 Å². The maximum absolute atomic E-state index is 12.1. The van der Waals surface area contributed by atoms with E-state index >= 15 is 0 Å². The van der Waals surface area contributed by atoms with E-state index in [0.29, 0.717) is 5.56 Å². The summed E-state index contributed by atoms with van der Waals surface area (Å²) in [7, 11) is 0. The quantitative estimate of drug-likeness (QED) is 0.734. The molecule has 3 nitrogen and oxygen atoms in total. The van der Waals surface area contributed by atoms with Crippen LogP contribution < -0.4 is 5.32 Å². The van der Waals surface area contributed by atoms with Crippen LogP contribution in [-0.4, -0.2) is 37.0 Å². The van der Waals surface area contributed by atoms with Crippen molar-refractivity contribution in [3.63, 3.8) is 0 Å². The Bertz CT molecular complexity index is 447. The molecule has 2 rings (SSSR count). The SMILES string of the molecule is O=C(NCCN1CCCCC1)c1cc(I)ccc1Br. The number of amides is 1. The van der Waals surface area contributed by atoms with Crippen LogP contribution in [0.3, 0.4) is 0 Å². The van der Waals surface area contributed by atoms with Crippen LogP contribution in [0.15, 0.2) is 22.7 Å². The van der Waals surface area contributed by atoms with Crippen LogP contribution in [0.1, 0.15) is 29.6 Å². The van der Waals surface area contributed by atoms with Crippen molar-refractivity contribution in [3.05, 3.63) is 31.8 Å². The maximum Gasteiger partial charge on any atom is 0.252 e. The average molecular weight is 437 g/mol. The average Bonchev–Trinajstić information content (AvgIpc) is 2.42. The van der Waals surface area contributed by atoms with Gasteiger partial charge in [-0.15, -0.1) is 0 Å². The van der Waals surface area contributed by atoms with Crippen molar-refractivity contribution in [1.82, 2.24) is 10.2 Å². The highest BCUT2D eigenvalue weighted by Crippen LogP contribution is 2.19. The fraction of sp³-hybridized carbons (Fsp3) is 0.500. The Morgan fingerprint density at radius 2 is 2.05 bits per heavy atom. The molecule has 19 heavy (non-hydrogen) atoms. The van der Waals surface area contributed by atoms with E-state index in [0.717, 1.165) is 21.1 Å². The van der Waals surface area contributed by atoms with Crippen LogP contribution in [0.5, 0.6) is 0 Å². The molecule has 1 aromatic carbocycles. The third-order valence-corrected chi connectivity index (χ3v) is 4.70. The van der Waals surface area contributed by atoms with Gasteiger partial charge in [-0.2, -0.15) is 0 Å². The van der Waals surface area contributed by atoms with Crippen LogP contribution in [0.2, 0.25) is 0 Å². The first-order chi connectivity index (χ1) is 9.16. The number of hydrogen-bond acceptors (Lipinski definition) is 2. The summed E-state index contributed by atoms with van der Waals surface area (Å²) in [6, 6.07) is 5.80. The summed E-state index contributed by atoms with van der Waals surface area (Å²) in [6.07, 6.45) is 3.92. The molecule has 1 aliphatic rings. The van der Waals surface area contributed by atoms with Gasteiger partial charge in [0.2, 0.25) is 0 Å². The van der Waals surface area contributed by atoms with E-state index in [1.54, 1.807) is 0 Å². The van der Waals surface area contributed by atoms with E-state index < -0.39 is 0 Å². The predicted octanol–water partition coefficient (Wildman–Crippen LogP) is 3.27. The number of likely N-dealkylation sites (tertiary alicyclic amines) is 1. The lowest BCUT2D eigenvalue weighted by Crippen LogP contribution is -2.37. The molecule has 1 fully saturated rings. The van der Waals surface area contributed by atoms with Gasteiger partial charge in [-0.25, -0.2) is 0 Å². The molecule has 0 bridgehead atoms. The summed E-state index contributed by atoms with van der Waals surface area (Å²) < 4.78 is 1.92. The largest absolute Gasteiger partial charge is 0.351 e. The van der Waals surface area contributed by atoms with Crippen LogP contribution in [0, 0.1) is 3.57 Å². The number of rotatable bonds is 4. The molecular weight excluding hydrogens is 419 g/mol. The van der Waals surface area contributed by atoms with Crippen LogP contribution in [0.25, 0.3) is 0 Å². The van der Waals surface area contributed by atoms with Crippen molar-refractivity contribution in [3.8, 4) is 0 Å². The Morgan fingerprint density at radius 3 is 2.79 bits per heavy atom. The standard InChI is InChI=1S/C14H18BrIN2O/c15-13-5-4-11(16)10-12(13)14(19)17-6-9-18-7-2-1-3-8-18/h4-5,10H,1-3,6-9H2,(H,17,19). The molecule has 0 spiro atoms. The van der Waals surface area contributed by atoms with Gasteiger partial charge < -0.3 is 10.2 Å². The van der Waals surface area contributed by atoms with Crippen LogP contribution >= 0.6 is 38.5 Å². The molecule has 1 N–H and O–H groups in total. The lowest BCUT2D eigenvalue weighted by molar-refractivity contribution is 0.0945. The number of nitrogens with one attached hydrogen (secondary N) is 1. The molecule has 104 valence electrons. The highest BCUT2D eigenvalue weighted by molar-refractivity contribution is 14.1. The second-order valence-corrected chi connectivity index (χ2v) is 6.88. The number of halogens is 2. The van der Waals surface area contributed by atoms with Gasteiger partial charge in [-0.1, -0.05) is 6.42 Å². The second-order valence-electron chi connectivity index (χ2n) is 4.78. The third-order valence-electron chi connectivity index (χ3n) is 3.34. The molecule has 1 aromatic rings. The highest BCUT2D eigenvalue weighted by atomic mass is 127. The monoisotopic (exact) mass is 436 g/mol. The zero-order chi connectivity index (χ0) is 13.7. The summed E-state index contributed by atoms with van der Waals surface area (Å²) >= 11 is 5.64. The van der Waals surface area contributed by atoms with E-state index in [9.17, 15) is 4.79 Å². The Hall–Kier alpha value is -0.140. The van der Waals surface area contributed by atoms with Crippen LogP contribution in [0.4, 0.5) is 0 Å². The minimum atomic E-state index is 0.00222. The van der Waals surface area contributed by atoms with Gasteiger partial charge in [-0.3, -0.25) is 4.79 Å². The molecule has 0 aliphatic carbocycles. The second kappa shape index (κ2) is 7.59. The van der Waals surface area contributed by atoms with E-state index in [1.807, 2.05) is 18.2 Å². The first-order valence-electron chi connectivity index (χ1n) is 6.62. The number of benzene rings is 1. The number of piperidine rings is 1. The minimum Gasteiger partial charge on any atom is -0.351 e. The number of nitrogens with zero attached hydrogens (tertiary/aromatic N) is 1. The highest BCUT2D eigenvalue weighted by Gasteiger charge is 2.12. The fourth-order valence-electron chi connectivity index (χ4n) is 2.28. The van der Waals surface area contributed by atoms with Crippen molar-refractivity contribution >= 4 is 44.4 Å². The fourth-order valence-corrected chi connectivity index (χ4v) is 3.20. The molecule has 0 aromatic heterocycles. The minimum absolute atomic E-state index is 0.00222. The van der Waals surface area contributed by atoms with E-state index in [2.05, 4.69) is 48.7 Å². The zero-order valence-corrected chi connectivity index (χ0v) is 14.5. The van der Waals surface area contributed by atoms with Gasteiger partial charge in [-0.05, 0) is 82.7 Å². The normalized spacial score (nSPS) is 16.3. The predicted molar refractivity (Wildman–Crippen MR) is 89.5 cm³/mol. The van der Waals surface area contributed by atoms with Gasteiger partial charge >= 0.3 is 0 Å². The van der Waals surface area contributed by atoms with Gasteiger partial charge in [0, 0.05) is 21.1 Å². The Morgan fingerprint density at radius 1 is 1.32 bits per heavy atom. The first kappa shape index (κ1) is 15.3. The van der Waals surface area contributed by atoms with Gasteiger partial charge in [0.1, 0.15) is 0 Å². The molecule has 1 aliphatic heterocycles. The molecular formula is C14H18BrIN2O. The van der Waals surface area contributed by atoms with Gasteiger partial charge in [0.05, 0.1) is 5.56 Å². The summed E-state index contributed by atoms with van der Waals surface area (Å²) in [4.78, 5) is 14.5. The van der Waals surface area contributed by atoms with E-state index in [4.69, 9.17) is 0 Å². The lowest BCUT2D eigenvalue weighted by atomic mass is 10.1. The molecule has 0 atom stereocenters. The Labute approximate surface area is 136 Å². The summed E-state index contributed by atoms with van der Waals surface area (Å²) in [6.45, 7) is 4.01. The smallest absolute Gasteiger partial charge is 0.252 e.